The summed E-state index contributed by atoms with van der Waals surface area (Å²) in [5, 5.41) is 5.31. The van der Waals surface area contributed by atoms with Crippen LogP contribution in [0.3, 0.4) is 0 Å². The molecule has 2 aromatic carbocycles. The van der Waals surface area contributed by atoms with E-state index in [1.165, 1.54) is 76.3 Å². The Labute approximate surface area is 235 Å². The number of ether oxygens (including phenoxy) is 1. The third-order valence-corrected chi connectivity index (χ3v) is 8.16. The first-order valence-electron chi connectivity index (χ1n) is 14.8. The second-order valence-electron chi connectivity index (χ2n) is 10.5. The summed E-state index contributed by atoms with van der Waals surface area (Å²) in [5.74, 6) is 1.85. The normalized spacial score (nSPS) is 13.0. The summed E-state index contributed by atoms with van der Waals surface area (Å²) < 4.78 is 5.93. The van der Waals surface area contributed by atoms with Crippen molar-refractivity contribution >= 4 is 23.4 Å². The molecule has 1 aliphatic rings. The number of nitrogens with zero attached hydrogens (tertiary/aromatic N) is 1. The van der Waals surface area contributed by atoms with Crippen molar-refractivity contribution in [3.63, 3.8) is 0 Å². The van der Waals surface area contributed by atoms with Crippen LogP contribution in [-0.2, 0) is 17.8 Å². The van der Waals surface area contributed by atoms with Gasteiger partial charge >= 0.3 is 0 Å². The first-order chi connectivity index (χ1) is 18.7. The summed E-state index contributed by atoms with van der Waals surface area (Å²) >= 11 is 1.81. The molecule has 4 nitrogen and oxygen atoms in total. The fraction of sp³-hybridized carbons (Fsp3) is 0.545. The number of benzene rings is 2. The van der Waals surface area contributed by atoms with E-state index in [-0.39, 0.29) is 5.91 Å². The largest absolute Gasteiger partial charge is 0.494 e. The van der Waals surface area contributed by atoms with Gasteiger partial charge in [0.15, 0.2) is 0 Å². The van der Waals surface area contributed by atoms with Crippen LogP contribution in [0.2, 0.25) is 0 Å². The lowest BCUT2D eigenvalue weighted by atomic mass is 10.1. The van der Waals surface area contributed by atoms with Gasteiger partial charge in [-0.25, -0.2) is 0 Å². The number of carbonyl (C=O) groups excluding carboxylic acids is 1. The molecule has 1 aliphatic heterocycles. The van der Waals surface area contributed by atoms with Crippen LogP contribution in [0.25, 0.3) is 0 Å². The van der Waals surface area contributed by atoms with Crippen LogP contribution in [0.5, 0.6) is 5.75 Å². The Kier molecular flexibility index (Phi) is 14.3. The molecule has 0 saturated heterocycles. The predicted octanol–water partition coefficient (Wildman–Crippen LogP) is 9.32. The molecule has 1 N–H and O–H groups in total. The Bertz CT molecular complexity index is 973. The number of hydrogen-bond acceptors (Lipinski definition) is 4. The van der Waals surface area contributed by atoms with E-state index in [0.717, 1.165) is 48.0 Å². The monoisotopic (exact) mass is 536 g/mol. The fourth-order valence-electron chi connectivity index (χ4n) is 4.80. The average molecular weight is 537 g/mol. The van der Waals surface area contributed by atoms with Crippen LogP contribution < -0.4 is 10.1 Å². The fourth-order valence-corrected chi connectivity index (χ4v) is 5.74. The molecule has 2 aromatic rings. The number of nitrogens with one attached hydrogen (secondary N) is 1. The molecule has 0 aliphatic carbocycles. The molecule has 0 radical (unpaired) electrons. The maximum atomic E-state index is 12.8. The van der Waals surface area contributed by atoms with Gasteiger partial charge in [0.2, 0.25) is 5.91 Å². The van der Waals surface area contributed by atoms with E-state index in [2.05, 4.69) is 35.5 Å². The van der Waals surface area contributed by atoms with Crippen LogP contribution in [0.4, 0.5) is 5.69 Å². The molecule has 0 bridgehead atoms. The van der Waals surface area contributed by atoms with Gasteiger partial charge in [0.05, 0.1) is 18.9 Å². The van der Waals surface area contributed by atoms with Crippen molar-refractivity contribution in [1.82, 2.24) is 4.90 Å². The number of thioether (sulfide) groups is 1. The molecule has 0 unspecified atom stereocenters. The zero-order chi connectivity index (χ0) is 26.8. The molecular weight excluding hydrogens is 488 g/mol. The standard InChI is InChI=1S/C33H48N2O2S/c1-3-4-5-6-7-8-9-10-11-12-13-16-23-37-31-21-19-29(20-22-31)24-33(36)34-32-18-15-14-17-30(32)25-35-27-38-26-28(35)2/h14-15,17-22,26H,3-13,16,23-25,27H2,1-2H3,(H,34,36). The summed E-state index contributed by atoms with van der Waals surface area (Å²) in [6.45, 7) is 5.97. The number of carbonyl (C=O) groups is 1. The zero-order valence-electron chi connectivity index (χ0n) is 23.7. The Morgan fingerprint density at radius 2 is 1.50 bits per heavy atom. The molecule has 0 saturated carbocycles. The van der Waals surface area contributed by atoms with Gasteiger partial charge in [-0.15, -0.1) is 11.8 Å². The third-order valence-electron chi connectivity index (χ3n) is 7.19. The van der Waals surface area contributed by atoms with Crippen LogP contribution in [-0.4, -0.2) is 23.3 Å². The minimum atomic E-state index is 0.00525. The summed E-state index contributed by atoms with van der Waals surface area (Å²) in [6.07, 6.45) is 16.5. The zero-order valence-corrected chi connectivity index (χ0v) is 24.5. The number of amides is 1. The molecular formula is C33H48N2O2S. The van der Waals surface area contributed by atoms with E-state index in [0.29, 0.717) is 6.42 Å². The van der Waals surface area contributed by atoms with Crippen LogP contribution >= 0.6 is 11.8 Å². The van der Waals surface area contributed by atoms with E-state index < -0.39 is 0 Å². The highest BCUT2D eigenvalue weighted by molar-refractivity contribution is 8.02. The molecule has 0 atom stereocenters. The van der Waals surface area contributed by atoms with Crippen LogP contribution in [0, 0.1) is 0 Å². The SMILES string of the molecule is CCCCCCCCCCCCCCOc1ccc(CC(=O)Nc2ccccc2CN2CSC=C2C)cc1. The number of anilines is 1. The molecule has 208 valence electrons. The summed E-state index contributed by atoms with van der Waals surface area (Å²) in [6, 6.07) is 16.1. The highest BCUT2D eigenvalue weighted by atomic mass is 32.2. The lowest BCUT2D eigenvalue weighted by Crippen LogP contribution is -2.20. The van der Waals surface area contributed by atoms with E-state index in [9.17, 15) is 4.79 Å². The topological polar surface area (TPSA) is 41.6 Å². The van der Waals surface area contributed by atoms with E-state index in [1.807, 2.05) is 54.2 Å². The summed E-state index contributed by atoms with van der Waals surface area (Å²) in [4.78, 5) is 15.1. The Morgan fingerprint density at radius 1 is 0.868 bits per heavy atom. The maximum absolute atomic E-state index is 12.8. The second-order valence-corrected chi connectivity index (χ2v) is 11.3. The van der Waals surface area contributed by atoms with E-state index >= 15 is 0 Å². The quantitative estimate of drug-likeness (QED) is 0.182. The van der Waals surface area contributed by atoms with Gasteiger partial charge in [-0.2, -0.15) is 0 Å². The molecule has 38 heavy (non-hydrogen) atoms. The van der Waals surface area contributed by atoms with Crippen LogP contribution in [0.1, 0.15) is 102 Å². The maximum Gasteiger partial charge on any atom is 0.228 e. The van der Waals surface area contributed by atoms with Crippen molar-refractivity contribution in [2.45, 2.75) is 104 Å². The molecule has 0 aromatic heterocycles. The minimum Gasteiger partial charge on any atom is -0.494 e. The molecule has 0 spiro atoms. The van der Waals surface area contributed by atoms with Crippen LogP contribution in [0.15, 0.2) is 59.6 Å². The van der Waals surface area contributed by atoms with Crippen molar-refractivity contribution < 1.29 is 9.53 Å². The molecule has 0 fully saturated rings. The molecule has 5 heteroatoms. The molecule has 3 rings (SSSR count). The smallest absolute Gasteiger partial charge is 0.228 e. The van der Waals surface area contributed by atoms with Gasteiger partial charge < -0.3 is 15.0 Å². The van der Waals surface area contributed by atoms with E-state index in [1.54, 1.807) is 0 Å². The first kappa shape index (κ1) is 30.1. The van der Waals surface area contributed by atoms with Gasteiger partial charge in [0.25, 0.3) is 0 Å². The summed E-state index contributed by atoms with van der Waals surface area (Å²) in [5.41, 5.74) is 4.30. The van der Waals surface area contributed by atoms with Gasteiger partial charge in [0, 0.05) is 17.9 Å². The third kappa shape index (κ3) is 11.6. The number of unbranched alkanes of at least 4 members (excludes halogenated alkanes) is 11. The second kappa shape index (κ2) is 18.0. The highest BCUT2D eigenvalue weighted by Gasteiger charge is 2.15. The average Bonchev–Trinajstić information content (AvgIpc) is 3.33. The van der Waals surface area contributed by atoms with Crippen molar-refractivity contribution in [2.75, 3.05) is 17.8 Å². The minimum absolute atomic E-state index is 0.00525. The molecule has 1 amide bonds. The van der Waals surface area contributed by atoms with Gasteiger partial charge in [0.1, 0.15) is 5.75 Å². The van der Waals surface area contributed by atoms with Crippen molar-refractivity contribution in [2.24, 2.45) is 0 Å². The van der Waals surface area contributed by atoms with Gasteiger partial charge in [-0.05, 0) is 48.1 Å². The number of para-hydroxylation sites is 1. The van der Waals surface area contributed by atoms with E-state index in [4.69, 9.17) is 4.74 Å². The lowest BCUT2D eigenvalue weighted by Gasteiger charge is -2.21. The number of hydrogen-bond donors (Lipinski definition) is 1. The van der Waals surface area contributed by atoms with Crippen molar-refractivity contribution in [1.29, 1.82) is 0 Å². The summed E-state index contributed by atoms with van der Waals surface area (Å²) in [7, 11) is 0. The van der Waals surface area contributed by atoms with Crippen molar-refractivity contribution in [3.05, 3.63) is 70.8 Å². The highest BCUT2D eigenvalue weighted by Crippen LogP contribution is 2.27. The van der Waals surface area contributed by atoms with Gasteiger partial charge in [-0.3, -0.25) is 4.79 Å². The number of allylic oxidation sites excluding steroid dienone is 1. The predicted molar refractivity (Wildman–Crippen MR) is 164 cm³/mol. The Hall–Kier alpha value is -2.40. The van der Waals surface area contributed by atoms with Gasteiger partial charge in [-0.1, -0.05) is 108 Å². The molecule has 1 heterocycles. The first-order valence-corrected chi connectivity index (χ1v) is 15.8. The van der Waals surface area contributed by atoms with Crippen molar-refractivity contribution in [3.8, 4) is 5.75 Å². The number of rotatable bonds is 19. The lowest BCUT2D eigenvalue weighted by molar-refractivity contribution is -0.115. The Balaban J connectivity index is 1.27. The Morgan fingerprint density at radius 3 is 2.13 bits per heavy atom.